The van der Waals surface area contributed by atoms with Crippen molar-refractivity contribution in [3.05, 3.63) is 52.6 Å². The van der Waals surface area contributed by atoms with Crippen LogP contribution in [0, 0.1) is 5.92 Å². The molecule has 2 aromatic rings. The fourth-order valence-corrected chi connectivity index (χ4v) is 2.74. The summed E-state index contributed by atoms with van der Waals surface area (Å²) in [5.41, 5.74) is 0.436. The van der Waals surface area contributed by atoms with Crippen LogP contribution in [0.4, 0.5) is 0 Å². The van der Waals surface area contributed by atoms with Crippen LogP contribution in [0.2, 0.25) is 0 Å². The first-order chi connectivity index (χ1) is 12.4. The van der Waals surface area contributed by atoms with Gasteiger partial charge < -0.3 is 14.4 Å². The van der Waals surface area contributed by atoms with Crippen LogP contribution in [-0.2, 0) is 9.53 Å². The monoisotopic (exact) mass is 420 g/mol. The van der Waals surface area contributed by atoms with E-state index in [0.717, 1.165) is 4.47 Å². The summed E-state index contributed by atoms with van der Waals surface area (Å²) >= 11 is 3.38. The minimum absolute atomic E-state index is 0.190. The van der Waals surface area contributed by atoms with Gasteiger partial charge in [-0.25, -0.2) is 4.98 Å². The van der Waals surface area contributed by atoms with Crippen LogP contribution in [0.5, 0.6) is 11.6 Å². The number of carbonyl (C=O) groups is 2. The van der Waals surface area contributed by atoms with Crippen molar-refractivity contribution < 1.29 is 19.1 Å². The van der Waals surface area contributed by atoms with Crippen molar-refractivity contribution in [2.75, 3.05) is 20.2 Å². The largest absolute Gasteiger partial charge is 0.469 e. The lowest BCUT2D eigenvalue weighted by Crippen LogP contribution is -2.37. The number of halogens is 1. The van der Waals surface area contributed by atoms with Crippen LogP contribution < -0.4 is 4.74 Å². The van der Waals surface area contributed by atoms with Gasteiger partial charge in [0.1, 0.15) is 5.75 Å². The summed E-state index contributed by atoms with van der Waals surface area (Å²) in [5, 5.41) is 0. The molecule has 1 aromatic heterocycles. The molecule has 138 valence electrons. The molecule has 0 bridgehead atoms. The molecule has 26 heavy (non-hydrogen) atoms. The second-order valence-corrected chi connectivity index (χ2v) is 6.63. The minimum Gasteiger partial charge on any atom is -0.469 e. The number of benzene rings is 1. The first kappa shape index (κ1) is 19.9. The van der Waals surface area contributed by atoms with Gasteiger partial charge >= 0.3 is 5.97 Å². The molecule has 0 aliphatic carbocycles. The van der Waals surface area contributed by atoms with Gasteiger partial charge in [0.25, 0.3) is 5.91 Å². The summed E-state index contributed by atoms with van der Waals surface area (Å²) in [7, 11) is 1.34. The molecule has 1 unspecified atom stereocenters. The van der Waals surface area contributed by atoms with Crippen molar-refractivity contribution in [3.8, 4) is 11.6 Å². The molecule has 2 rings (SSSR count). The fourth-order valence-electron chi connectivity index (χ4n) is 2.36. The Bertz CT molecular complexity index is 764. The van der Waals surface area contributed by atoms with Gasteiger partial charge in [-0.1, -0.05) is 28.9 Å². The predicted molar refractivity (Wildman–Crippen MR) is 101 cm³/mol. The standard InChI is InChI=1S/C19H21BrN2O4/c1-4-22(12-13(2)19(24)25-3)18(23)14-8-9-17(21-11-14)26-16-7-5-6-15(20)10-16/h5-11,13H,4,12H2,1-3H3. The number of hydrogen-bond acceptors (Lipinski definition) is 5. The smallest absolute Gasteiger partial charge is 0.310 e. The van der Waals surface area contributed by atoms with Gasteiger partial charge in [-0.05, 0) is 31.2 Å². The number of methoxy groups -OCH3 is 1. The van der Waals surface area contributed by atoms with Crippen LogP contribution in [0.25, 0.3) is 0 Å². The van der Waals surface area contributed by atoms with Gasteiger partial charge in [-0.2, -0.15) is 0 Å². The lowest BCUT2D eigenvalue weighted by molar-refractivity contribution is -0.145. The third-order valence-electron chi connectivity index (χ3n) is 3.77. The van der Waals surface area contributed by atoms with E-state index in [1.807, 2.05) is 31.2 Å². The average molecular weight is 421 g/mol. The quantitative estimate of drug-likeness (QED) is 0.635. The van der Waals surface area contributed by atoms with Crippen molar-refractivity contribution in [2.45, 2.75) is 13.8 Å². The Morgan fingerprint density at radius 3 is 2.62 bits per heavy atom. The SMILES string of the molecule is CCN(CC(C)C(=O)OC)C(=O)c1ccc(Oc2cccc(Br)c2)nc1. The topological polar surface area (TPSA) is 68.7 Å². The number of nitrogens with zero attached hydrogens (tertiary/aromatic N) is 2. The zero-order valence-electron chi connectivity index (χ0n) is 14.9. The van der Waals surface area contributed by atoms with E-state index < -0.39 is 5.92 Å². The Morgan fingerprint density at radius 1 is 1.27 bits per heavy atom. The molecule has 6 nitrogen and oxygen atoms in total. The van der Waals surface area contributed by atoms with E-state index in [-0.39, 0.29) is 18.4 Å². The summed E-state index contributed by atoms with van der Waals surface area (Å²) in [6.07, 6.45) is 1.47. The van der Waals surface area contributed by atoms with Crippen molar-refractivity contribution in [2.24, 2.45) is 5.92 Å². The van der Waals surface area contributed by atoms with Gasteiger partial charge in [0.2, 0.25) is 5.88 Å². The van der Waals surface area contributed by atoms with Crippen molar-refractivity contribution in [1.29, 1.82) is 0 Å². The van der Waals surface area contributed by atoms with Gasteiger partial charge in [0.15, 0.2) is 0 Å². The molecule has 1 amide bonds. The van der Waals surface area contributed by atoms with Crippen LogP contribution in [0.15, 0.2) is 47.1 Å². The summed E-state index contributed by atoms with van der Waals surface area (Å²) in [5.74, 6) is 0.117. The molecule has 0 spiro atoms. The molecule has 0 N–H and O–H groups in total. The first-order valence-electron chi connectivity index (χ1n) is 8.21. The number of hydrogen-bond donors (Lipinski definition) is 0. The maximum Gasteiger partial charge on any atom is 0.310 e. The normalized spacial score (nSPS) is 11.5. The number of pyridine rings is 1. The van der Waals surface area contributed by atoms with E-state index in [4.69, 9.17) is 9.47 Å². The highest BCUT2D eigenvalue weighted by Gasteiger charge is 2.21. The molecule has 0 aliphatic rings. The van der Waals surface area contributed by atoms with E-state index in [9.17, 15) is 9.59 Å². The Hall–Kier alpha value is -2.41. The minimum atomic E-state index is -0.393. The van der Waals surface area contributed by atoms with Crippen molar-refractivity contribution in [3.63, 3.8) is 0 Å². The van der Waals surface area contributed by atoms with Crippen LogP contribution in [0.3, 0.4) is 0 Å². The number of esters is 1. The number of rotatable bonds is 7. The Labute approximate surface area is 161 Å². The number of aromatic nitrogens is 1. The highest BCUT2D eigenvalue weighted by atomic mass is 79.9. The predicted octanol–water partition coefficient (Wildman–Crippen LogP) is 3.91. The zero-order valence-corrected chi connectivity index (χ0v) is 16.5. The third kappa shape index (κ3) is 5.29. The van der Waals surface area contributed by atoms with Crippen molar-refractivity contribution in [1.82, 2.24) is 9.88 Å². The maximum atomic E-state index is 12.6. The van der Waals surface area contributed by atoms with Crippen LogP contribution in [0.1, 0.15) is 24.2 Å². The number of amides is 1. The lowest BCUT2D eigenvalue weighted by atomic mass is 10.1. The van der Waals surface area contributed by atoms with E-state index in [2.05, 4.69) is 20.9 Å². The summed E-state index contributed by atoms with van der Waals surface area (Å²) < 4.78 is 11.3. The highest BCUT2D eigenvalue weighted by Crippen LogP contribution is 2.23. The van der Waals surface area contributed by atoms with E-state index >= 15 is 0 Å². The van der Waals surface area contributed by atoms with Gasteiger partial charge in [0.05, 0.1) is 18.6 Å². The first-order valence-corrected chi connectivity index (χ1v) is 9.00. The Morgan fingerprint density at radius 2 is 2.04 bits per heavy atom. The molecule has 7 heteroatoms. The number of ether oxygens (including phenoxy) is 2. The zero-order chi connectivity index (χ0) is 19.1. The maximum absolute atomic E-state index is 12.6. The molecule has 1 aromatic carbocycles. The van der Waals surface area contributed by atoms with Crippen LogP contribution in [-0.4, -0.2) is 42.0 Å². The fraction of sp³-hybridized carbons (Fsp3) is 0.316. The second-order valence-electron chi connectivity index (χ2n) is 5.71. The van der Waals surface area contributed by atoms with Gasteiger partial charge in [0, 0.05) is 29.8 Å². The molecule has 0 saturated heterocycles. The molecular weight excluding hydrogens is 400 g/mol. The molecule has 1 atom stereocenters. The van der Waals surface area contributed by atoms with Gasteiger partial charge in [-0.3, -0.25) is 9.59 Å². The molecule has 0 aliphatic heterocycles. The highest BCUT2D eigenvalue weighted by molar-refractivity contribution is 9.10. The summed E-state index contributed by atoms with van der Waals surface area (Å²) in [6.45, 7) is 4.36. The van der Waals surface area contributed by atoms with E-state index in [0.29, 0.717) is 23.7 Å². The lowest BCUT2D eigenvalue weighted by Gasteiger charge is -2.23. The van der Waals surface area contributed by atoms with E-state index in [1.165, 1.54) is 13.3 Å². The van der Waals surface area contributed by atoms with Gasteiger partial charge in [-0.15, -0.1) is 0 Å². The van der Waals surface area contributed by atoms with Crippen LogP contribution >= 0.6 is 15.9 Å². The Balaban J connectivity index is 2.05. The molecule has 0 fully saturated rings. The Kier molecular flexibility index (Phi) is 7.15. The number of carbonyl (C=O) groups excluding carboxylic acids is 2. The summed E-state index contributed by atoms with van der Waals surface area (Å²) in [6, 6.07) is 10.7. The third-order valence-corrected chi connectivity index (χ3v) is 4.26. The average Bonchev–Trinajstić information content (AvgIpc) is 2.65. The summed E-state index contributed by atoms with van der Waals surface area (Å²) in [4.78, 5) is 30.0. The molecular formula is C19H21BrN2O4. The van der Waals surface area contributed by atoms with Crippen molar-refractivity contribution >= 4 is 27.8 Å². The molecule has 1 heterocycles. The molecule has 0 radical (unpaired) electrons. The second kappa shape index (κ2) is 9.33. The van der Waals surface area contributed by atoms with E-state index in [1.54, 1.807) is 24.0 Å². The molecule has 0 saturated carbocycles.